The first-order valence-electron chi connectivity index (χ1n) is 12.0. The fourth-order valence-corrected chi connectivity index (χ4v) is 5.24. The van der Waals surface area contributed by atoms with Crippen molar-refractivity contribution in [3.63, 3.8) is 0 Å². The van der Waals surface area contributed by atoms with Crippen molar-refractivity contribution in [3.8, 4) is 0 Å². The van der Waals surface area contributed by atoms with Crippen LogP contribution >= 0.6 is 15.9 Å². The highest BCUT2D eigenvalue weighted by Gasteiger charge is 2.51. The first-order valence-corrected chi connectivity index (χ1v) is 12.8. The van der Waals surface area contributed by atoms with Gasteiger partial charge in [-0.2, -0.15) is 0 Å². The highest BCUT2D eigenvalue weighted by atomic mass is 79.9. The third-order valence-corrected chi connectivity index (χ3v) is 6.89. The van der Waals surface area contributed by atoms with Crippen LogP contribution in [-0.4, -0.2) is 76.2 Å². The molecule has 192 valence electrons. The van der Waals surface area contributed by atoms with Crippen molar-refractivity contribution < 1.29 is 33.2 Å². The van der Waals surface area contributed by atoms with E-state index in [1.54, 1.807) is 4.57 Å². The highest BCUT2D eigenvalue weighted by molar-refractivity contribution is 9.10. The van der Waals surface area contributed by atoms with Crippen LogP contribution < -0.4 is 5.73 Å². The number of carbonyl (C=O) groups excluding carboxylic acids is 1. The van der Waals surface area contributed by atoms with Gasteiger partial charge in [-0.25, -0.2) is 15.0 Å². The molecule has 2 aromatic heterocycles. The molecule has 0 spiro atoms. The summed E-state index contributed by atoms with van der Waals surface area (Å²) in [4.78, 5) is 25.0. The van der Waals surface area contributed by atoms with Gasteiger partial charge >= 0.3 is 5.97 Å². The average Bonchev–Trinajstić information content (AvgIpc) is 3.36. The van der Waals surface area contributed by atoms with Crippen molar-refractivity contribution in [3.05, 3.63) is 11.1 Å². The Morgan fingerprint density at radius 2 is 1.89 bits per heavy atom. The average molecular weight is 556 g/mol. The topological polar surface area (TPSA) is 142 Å². The Hall–Kier alpha value is -1.90. The number of halogens is 1. The van der Waals surface area contributed by atoms with Crippen LogP contribution in [0.25, 0.3) is 11.2 Å². The Morgan fingerprint density at radius 3 is 2.57 bits per heavy atom. The lowest BCUT2D eigenvalue weighted by Crippen LogP contribution is -2.43. The zero-order chi connectivity index (χ0) is 24.4. The van der Waals surface area contributed by atoms with Gasteiger partial charge in [-0.05, 0) is 54.5 Å². The summed E-state index contributed by atoms with van der Waals surface area (Å²) in [5.41, 5.74) is 6.86. The van der Waals surface area contributed by atoms with E-state index in [-0.39, 0.29) is 18.7 Å². The number of aromatic nitrogens is 4. The number of esters is 1. The van der Waals surface area contributed by atoms with Gasteiger partial charge in [0.15, 0.2) is 46.6 Å². The summed E-state index contributed by atoms with van der Waals surface area (Å²) in [6, 6.07) is 0. The van der Waals surface area contributed by atoms with Crippen molar-refractivity contribution in [1.29, 1.82) is 0 Å². The summed E-state index contributed by atoms with van der Waals surface area (Å²) in [6.07, 6.45) is 3.37. The summed E-state index contributed by atoms with van der Waals surface area (Å²) in [6.45, 7) is 2.83. The molecule has 12 nitrogen and oxygen atoms in total. The van der Waals surface area contributed by atoms with Gasteiger partial charge in [0.2, 0.25) is 0 Å². The highest BCUT2D eigenvalue weighted by Crippen LogP contribution is 2.39. The van der Waals surface area contributed by atoms with Crippen LogP contribution in [0.5, 0.6) is 0 Å². The van der Waals surface area contributed by atoms with E-state index in [1.165, 1.54) is 13.3 Å². The van der Waals surface area contributed by atoms with Gasteiger partial charge in [-0.3, -0.25) is 9.36 Å². The number of fused-ring (bicyclic) bond motifs is 1. The standard InChI is InChI=1S/C22H30BrN5O7/c1-12(29)33-18-17(35-15-7-3-5-9-31-15)13(10-32-14-6-2-4-8-30-14)34-21(18)28-20-16(27-22(28)23)19(24)25-11-26-20/h11,13-15,17-18,21H,2-10H2,1H3,(H2,24,25,26)/t13-,14?,15?,17-,18+,21-/m1/s1. The van der Waals surface area contributed by atoms with Crippen LogP contribution in [0.15, 0.2) is 11.1 Å². The quantitative estimate of drug-likeness (QED) is 0.397. The normalized spacial score (nSPS) is 31.6. The van der Waals surface area contributed by atoms with Crippen molar-refractivity contribution in [2.75, 3.05) is 25.6 Å². The van der Waals surface area contributed by atoms with E-state index in [0.29, 0.717) is 29.1 Å². The minimum absolute atomic E-state index is 0.192. The lowest BCUT2D eigenvalue weighted by molar-refractivity contribution is -0.225. The predicted molar refractivity (Wildman–Crippen MR) is 125 cm³/mol. The van der Waals surface area contributed by atoms with E-state index in [0.717, 1.165) is 38.5 Å². The van der Waals surface area contributed by atoms with Crippen LogP contribution in [0.1, 0.15) is 51.7 Å². The van der Waals surface area contributed by atoms with E-state index in [9.17, 15) is 4.79 Å². The van der Waals surface area contributed by atoms with Crippen LogP contribution in [0.4, 0.5) is 5.82 Å². The number of rotatable bonds is 7. The monoisotopic (exact) mass is 555 g/mol. The Balaban J connectivity index is 1.46. The number of carbonyl (C=O) groups is 1. The number of hydrogen-bond donors (Lipinski definition) is 1. The molecule has 0 amide bonds. The maximum atomic E-state index is 12.2. The smallest absolute Gasteiger partial charge is 0.303 e. The third-order valence-electron chi connectivity index (χ3n) is 6.34. The fraction of sp³-hybridized carbons (Fsp3) is 0.727. The molecule has 13 heteroatoms. The number of imidazole rings is 1. The Labute approximate surface area is 210 Å². The summed E-state index contributed by atoms with van der Waals surface area (Å²) < 4.78 is 38.3. The van der Waals surface area contributed by atoms with E-state index in [1.807, 2.05) is 0 Å². The van der Waals surface area contributed by atoms with Crippen LogP contribution in [-0.2, 0) is 33.2 Å². The Kier molecular flexibility index (Phi) is 7.80. The molecule has 0 saturated carbocycles. The molecule has 6 atom stereocenters. The van der Waals surface area contributed by atoms with Crippen LogP contribution in [0.3, 0.4) is 0 Å². The van der Waals surface area contributed by atoms with Gasteiger partial charge in [0.05, 0.1) is 6.61 Å². The molecule has 0 bridgehead atoms. The molecule has 0 radical (unpaired) electrons. The second kappa shape index (κ2) is 11.0. The van der Waals surface area contributed by atoms with Crippen LogP contribution in [0, 0.1) is 0 Å². The summed E-state index contributed by atoms with van der Waals surface area (Å²) in [5.74, 6) is -0.233. The van der Waals surface area contributed by atoms with Crippen molar-refractivity contribution in [2.24, 2.45) is 0 Å². The number of anilines is 1. The van der Waals surface area contributed by atoms with E-state index in [4.69, 9.17) is 34.2 Å². The van der Waals surface area contributed by atoms with Gasteiger partial charge in [-0.15, -0.1) is 0 Å². The number of nitrogens with two attached hydrogens (primary N) is 1. The summed E-state index contributed by atoms with van der Waals surface area (Å²) >= 11 is 3.48. The second-order valence-electron chi connectivity index (χ2n) is 8.85. The second-order valence-corrected chi connectivity index (χ2v) is 9.56. The fourth-order valence-electron chi connectivity index (χ4n) is 4.70. The molecule has 3 aliphatic rings. The van der Waals surface area contributed by atoms with Gasteiger partial charge in [-0.1, -0.05) is 0 Å². The Morgan fingerprint density at radius 1 is 1.14 bits per heavy atom. The van der Waals surface area contributed by atoms with Crippen molar-refractivity contribution >= 4 is 38.9 Å². The van der Waals surface area contributed by atoms with E-state index in [2.05, 4.69) is 30.9 Å². The molecule has 3 fully saturated rings. The molecule has 35 heavy (non-hydrogen) atoms. The molecule has 3 saturated heterocycles. The minimum atomic E-state index is -0.816. The molecule has 2 N–H and O–H groups in total. The Bertz CT molecular complexity index is 1030. The molecule has 5 rings (SSSR count). The summed E-state index contributed by atoms with van der Waals surface area (Å²) in [7, 11) is 0. The third kappa shape index (κ3) is 5.44. The van der Waals surface area contributed by atoms with Gasteiger partial charge < -0.3 is 34.2 Å². The molecule has 3 aliphatic heterocycles. The van der Waals surface area contributed by atoms with Gasteiger partial charge in [0, 0.05) is 20.1 Å². The zero-order valence-electron chi connectivity index (χ0n) is 19.5. The predicted octanol–water partition coefficient (Wildman–Crippen LogP) is 2.46. The van der Waals surface area contributed by atoms with E-state index >= 15 is 0 Å². The number of nitrogens with zero attached hydrogens (tertiary/aromatic N) is 4. The van der Waals surface area contributed by atoms with Crippen molar-refractivity contribution in [1.82, 2.24) is 19.5 Å². The minimum Gasteiger partial charge on any atom is -0.455 e. The molecular weight excluding hydrogens is 526 g/mol. The number of hydrogen-bond acceptors (Lipinski definition) is 11. The SMILES string of the molecule is CC(=O)O[C@H]1[C@H](OC2CCCCO2)[C@@H](COC2CCCCO2)O[C@H]1n1c(Br)nc2c(N)ncnc21. The lowest BCUT2D eigenvalue weighted by atomic mass is 10.1. The molecule has 0 aromatic carbocycles. The maximum Gasteiger partial charge on any atom is 0.303 e. The lowest BCUT2D eigenvalue weighted by Gasteiger charge is -2.31. The zero-order valence-corrected chi connectivity index (χ0v) is 21.1. The number of nitrogen functional groups attached to an aromatic ring is 1. The molecule has 0 aliphatic carbocycles. The molecule has 2 unspecified atom stereocenters. The maximum absolute atomic E-state index is 12.2. The first kappa shape index (κ1) is 24.8. The molecule has 2 aromatic rings. The molecular formula is C22H30BrN5O7. The first-order chi connectivity index (χ1) is 17.0. The largest absolute Gasteiger partial charge is 0.455 e. The number of ether oxygens (including phenoxy) is 6. The summed E-state index contributed by atoms with van der Waals surface area (Å²) in [5, 5.41) is 0. The van der Waals surface area contributed by atoms with Crippen molar-refractivity contribution in [2.45, 2.75) is 82.6 Å². The van der Waals surface area contributed by atoms with Gasteiger partial charge in [0.25, 0.3) is 0 Å². The van der Waals surface area contributed by atoms with Crippen LogP contribution in [0.2, 0.25) is 0 Å². The van der Waals surface area contributed by atoms with Gasteiger partial charge in [0.1, 0.15) is 18.5 Å². The molecule has 5 heterocycles. The van der Waals surface area contributed by atoms with E-state index < -0.39 is 36.8 Å².